The lowest BCUT2D eigenvalue weighted by atomic mass is 10.1. The van der Waals surface area contributed by atoms with Gasteiger partial charge >= 0.3 is 0 Å². The molecule has 0 aliphatic carbocycles. The number of ether oxygens (including phenoxy) is 1. The summed E-state index contributed by atoms with van der Waals surface area (Å²) in [6.07, 6.45) is 4.44. The number of amides is 1. The number of carbonyl (C=O) groups is 1. The summed E-state index contributed by atoms with van der Waals surface area (Å²) < 4.78 is 5.70. The Morgan fingerprint density at radius 1 is 1.16 bits per heavy atom. The summed E-state index contributed by atoms with van der Waals surface area (Å²) in [5.41, 5.74) is 0.902. The van der Waals surface area contributed by atoms with Crippen molar-refractivity contribution in [2.45, 2.75) is 45.6 Å². The molecule has 3 rings (SSSR count). The smallest absolute Gasteiger partial charge is 0.244 e. The van der Waals surface area contributed by atoms with Gasteiger partial charge in [-0.3, -0.25) is 4.79 Å². The molecule has 8 heteroatoms. The summed E-state index contributed by atoms with van der Waals surface area (Å²) in [6, 6.07) is 12.0. The number of nitrogens with one attached hydrogen (secondary N) is 2. The first-order chi connectivity index (χ1) is 14.6. The summed E-state index contributed by atoms with van der Waals surface area (Å²) in [5, 5.41) is 8.75. The van der Waals surface area contributed by atoms with Gasteiger partial charge in [0.2, 0.25) is 5.91 Å². The molecule has 2 N–H and O–H groups in total. The molecule has 1 aromatic heterocycles. The Morgan fingerprint density at radius 3 is 2.55 bits per heavy atom. The van der Waals surface area contributed by atoms with E-state index in [0.29, 0.717) is 5.96 Å². The van der Waals surface area contributed by atoms with Gasteiger partial charge in [-0.2, -0.15) is 0 Å². The second kappa shape index (κ2) is 13.6. The van der Waals surface area contributed by atoms with Crippen molar-refractivity contribution in [2.24, 2.45) is 4.99 Å². The lowest BCUT2D eigenvalue weighted by Gasteiger charge is -2.26. The molecular weight excluding hydrogens is 523 g/mol. The average Bonchev–Trinajstić information content (AvgIpc) is 3.27. The number of piperidine rings is 1. The Balaban J connectivity index is 0.00000341. The zero-order valence-corrected chi connectivity index (χ0v) is 21.4. The molecule has 0 unspecified atom stereocenters. The maximum atomic E-state index is 12.5. The van der Waals surface area contributed by atoms with Crippen LogP contribution in [0.25, 0.3) is 0 Å². The molecule has 0 radical (unpaired) electrons. The van der Waals surface area contributed by atoms with Crippen LogP contribution < -0.4 is 15.4 Å². The average molecular weight is 557 g/mol. The summed E-state index contributed by atoms with van der Waals surface area (Å²) in [5.74, 6) is 1.55. The van der Waals surface area contributed by atoms with Crippen LogP contribution in [0.2, 0.25) is 0 Å². The van der Waals surface area contributed by atoms with Crippen LogP contribution >= 0.6 is 35.3 Å². The predicted molar refractivity (Wildman–Crippen MR) is 140 cm³/mol. The standard InChI is InChI=1S/C23H32N4O2S.HI/c1-18(2)29-20-10-8-19(9-11-20)26-23(24-13-12-21-7-6-16-30-21)25-17-22(28)27-14-4-3-5-15-27;/h6-11,16,18H,3-5,12-15,17H2,1-2H3,(H2,24,25,26);1H. The van der Waals surface area contributed by atoms with Crippen molar-refractivity contribution in [3.63, 3.8) is 0 Å². The van der Waals surface area contributed by atoms with Crippen molar-refractivity contribution in [3.05, 3.63) is 46.7 Å². The van der Waals surface area contributed by atoms with Gasteiger partial charge in [-0.05, 0) is 75.2 Å². The predicted octanol–water partition coefficient (Wildman–Crippen LogP) is 4.77. The molecule has 2 heterocycles. The topological polar surface area (TPSA) is 66.0 Å². The third kappa shape index (κ3) is 9.06. The van der Waals surface area contributed by atoms with E-state index in [-0.39, 0.29) is 42.5 Å². The number of carbonyl (C=O) groups excluding carboxylic acids is 1. The van der Waals surface area contributed by atoms with Gasteiger partial charge in [0.1, 0.15) is 12.3 Å². The highest BCUT2D eigenvalue weighted by Crippen LogP contribution is 2.17. The molecule has 1 fully saturated rings. The molecule has 1 saturated heterocycles. The number of aliphatic imine (C=N–C) groups is 1. The fraction of sp³-hybridized carbons (Fsp3) is 0.478. The number of hydrogen-bond acceptors (Lipinski definition) is 4. The number of benzene rings is 1. The Kier molecular flexibility index (Phi) is 11.1. The van der Waals surface area contributed by atoms with Crippen molar-refractivity contribution in [1.82, 2.24) is 10.2 Å². The van der Waals surface area contributed by atoms with E-state index in [2.05, 4.69) is 33.1 Å². The van der Waals surface area contributed by atoms with E-state index in [9.17, 15) is 4.79 Å². The first kappa shape index (κ1) is 25.5. The number of likely N-dealkylation sites (tertiary alicyclic amines) is 1. The maximum absolute atomic E-state index is 12.5. The van der Waals surface area contributed by atoms with E-state index in [1.54, 1.807) is 11.3 Å². The molecule has 0 atom stereocenters. The number of thiophene rings is 1. The van der Waals surface area contributed by atoms with Crippen LogP contribution in [-0.4, -0.2) is 49.0 Å². The van der Waals surface area contributed by atoms with Crippen LogP contribution in [-0.2, 0) is 11.2 Å². The minimum atomic E-state index is 0. The summed E-state index contributed by atoms with van der Waals surface area (Å²) in [6.45, 7) is 6.61. The lowest BCUT2D eigenvalue weighted by molar-refractivity contribution is -0.130. The van der Waals surface area contributed by atoms with Crippen molar-refractivity contribution in [1.29, 1.82) is 0 Å². The van der Waals surface area contributed by atoms with Crippen LogP contribution in [0.5, 0.6) is 5.75 Å². The van der Waals surface area contributed by atoms with E-state index >= 15 is 0 Å². The highest BCUT2D eigenvalue weighted by Gasteiger charge is 2.16. The molecule has 6 nitrogen and oxygen atoms in total. The summed E-state index contributed by atoms with van der Waals surface area (Å²) in [7, 11) is 0. The second-order valence-corrected chi connectivity index (χ2v) is 8.71. The minimum Gasteiger partial charge on any atom is -0.491 e. The maximum Gasteiger partial charge on any atom is 0.244 e. The number of anilines is 1. The van der Waals surface area contributed by atoms with Gasteiger partial charge in [0.25, 0.3) is 0 Å². The molecule has 1 aliphatic rings. The quantitative estimate of drug-likeness (QED) is 0.280. The van der Waals surface area contributed by atoms with E-state index in [1.165, 1.54) is 11.3 Å². The molecule has 1 aliphatic heterocycles. The van der Waals surface area contributed by atoms with Crippen LogP contribution in [0.3, 0.4) is 0 Å². The van der Waals surface area contributed by atoms with Gasteiger partial charge in [-0.1, -0.05) is 6.07 Å². The normalized spacial score (nSPS) is 14.2. The highest BCUT2D eigenvalue weighted by molar-refractivity contribution is 14.0. The zero-order valence-electron chi connectivity index (χ0n) is 18.3. The monoisotopic (exact) mass is 556 g/mol. The van der Waals surface area contributed by atoms with Gasteiger partial charge in [0.05, 0.1) is 6.10 Å². The Labute approximate surface area is 206 Å². The van der Waals surface area contributed by atoms with E-state index in [0.717, 1.165) is 50.3 Å². The number of nitrogens with zero attached hydrogens (tertiary/aromatic N) is 2. The summed E-state index contributed by atoms with van der Waals surface area (Å²) >= 11 is 1.75. The molecule has 0 bridgehead atoms. The van der Waals surface area contributed by atoms with E-state index in [4.69, 9.17) is 4.74 Å². The van der Waals surface area contributed by atoms with E-state index in [1.807, 2.05) is 43.0 Å². The largest absolute Gasteiger partial charge is 0.491 e. The molecular formula is C23H33IN4O2S. The third-order valence-corrected chi connectivity index (χ3v) is 5.75. The second-order valence-electron chi connectivity index (χ2n) is 7.68. The van der Waals surface area contributed by atoms with Crippen molar-refractivity contribution in [3.8, 4) is 5.75 Å². The minimum absolute atomic E-state index is 0. The zero-order chi connectivity index (χ0) is 21.2. The number of hydrogen-bond donors (Lipinski definition) is 2. The van der Waals surface area contributed by atoms with Crippen LogP contribution in [0.1, 0.15) is 38.0 Å². The van der Waals surface area contributed by atoms with Crippen LogP contribution in [0, 0.1) is 0 Å². The van der Waals surface area contributed by atoms with Crippen LogP contribution in [0.4, 0.5) is 5.69 Å². The Bertz CT molecular complexity index is 803. The molecule has 2 aromatic rings. The highest BCUT2D eigenvalue weighted by atomic mass is 127. The van der Waals surface area contributed by atoms with Crippen LogP contribution in [0.15, 0.2) is 46.8 Å². The SMILES string of the molecule is CC(C)Oc1ccc(NC(=NCC(=O)N2CCCCC2)NCCc2cccs2)cc1.I. The Morgan fingerprint density at radius 2 is 1.90 bits per heavy atom. The molecule has 170 valence electrons. The fourth-order valence-corrected chi connectivity index (χ4v) is 4.02. The fourth-order valence-electron chi connectivity index (χ4n) is 3.31. The molecule has 1 amide bonds. The number of guanidine groups is 1. The van der Waals surface area contributed by atoms with Gasteiger partial charge in [0.15, 0.2) is 5.96 Å². The molecule has 0 spiro atoms. The number of halogens is 1. The number of rotatable bonds is 8. The van der Waals surface area contributed by atoms with Gasteiger partial charge in [-0.15, -0.1) is 35.3 Å². The Hall–Kier alpha value is -1.81. The van der Waals surface area contributed by atoms with Gasteiger partial charge in [-0.25, -0.2) is 4.99 Å². The van der Waals surface area contributed by atoms with Gasteiger partial charge < -0.3 is 20.3 Å². The van der Waals surface area contributed by atoms with Crippen molar-refractivity contribution < 1.29 is 9.53 Å². The summed E-state index contributed by atoms with van der Waals surface area (Å²) in [4.78, 5) is 20.3. The van der Waals surface area contributed by atoms with Crippen molar-refractivity contribution >= 4 is 52.9 Å². The molecule has 0 saturated carbocycles. The first-order valence-corrected chi connectivity index (χ1v) is 11.6. The molecule has 1 aromatic carbocycles. The third-order valence-electron chi connectivity index (χ3n) is 4.81. The first-order valence-electron chi connectivity index (χ1n) is 10.7. The van der Waals surface area contributed by atoms with E-state index < -0.39 is 0 Å². The lowest BCUT2D eigenvalue weighted by Crippen LogP contribution is -2.38. The van der Waals surface area contributed by atoms with Crippen molar-refractivity contribution in [2.75, 3.05) is 31.5 Å². The molecule has 31 heavy (non-hydrogen) atoms. The van der Waals surface area contributed by atoms with Gasteiger partial charge in [0, 0.05) is 30.2 Å².